The van der Waals surface area contributed by atoms with Gasteiger partial charge in [-0.15, -0.1) is 0 Å². The van der Waals surface area contributed by atoms with Crippen molar-refractivity contribution in [1.29, 1.82) is 0 Å². The van der Waals surface area contributed by atoms with Crippen LogP contribution in [0.5, 0.6) is 0 Å². The van der Waals surface area contributed by atoms with E-state index in [1.54, 1.807) is 6.92 Å². The van der Waals surface area contributed by atoms with Crippen LogP contribution in [0.25, 0.3) is 0 Å². The molecule has 1 aliphatic carbocycles. The number of likely N-dealkylation sites (tertiary alicyclic amines) is 1. The smallest absolute Gasteiger partial charge is 0.219 e. The fourth-order valence-corrected chi connectivity index (χ4v) is 3.72. The molecule has 1 amide bonds. The van der Waals surface area contributed by atoms with Crippen molar-refractivity contribution in [2.75, 3.05) is 13.1 Å². The molecule has 0 aromatic heterocycles. The summed E-state index contributed by atoms with van der Waals surface area (Å²) in [6.07, 6.45) is 6.30. The minimum Gasteiger partial charge on any atom is -0.343 e. The van der Waals surface area contributed by atoms with E-state index in [1.807, 2.05) is 4.90 Å². The van der Waals surface area contributed by atoms with Crippen LogP contribution in [0.3, 0.4) is 0 Å². The van der Waals surface area contributed by atoms with E-state index in [2.05, 4.69) is 19.2 Å². The van der Waals surface area contributed by atoms with Crippen LogP contribution < -0.4 is 5.32 Å². The third kappa shape index (κ3) is 3.05. The largest absolute Gasteiger partial charge is 0.343 e. The second-order valence-corrected chi connectivity index (χ2v) is 6.16. The van der Waals surface area contributed by atoms with Crippen molar-refractivity contribution in [2.45, 2.75) is 65.0 Å². The molecule has 1 N–H and O–H groups in total. The highest BCUT2D eigenvalue weighted by molar-refractivity contribution is 5.73. The highest BCUT2D eigenvalue weighted by Crippen LogP contribution is 2.34. The summed E-state index contributed by atoms with van der Waals surface area (Å²) >= 11 is 0. The normalized spacial score (nSPS) is 33.9. The van der Waals surface area contributed by atoms with E-state index in [1.165, 1.54) is 19.3 Å². The maximum atomic E-state index is 11.3. The average molecular weight is 252 g/mol. The number of carbonyl (C=O) groups is 1. The van der Waals surface area contributed by atoms with Gasteiger partial charge in [-0.05, 0) is 37.5 Å². The summed E-state index contributed by atoms with van der Waals surface area (Å²) in [6, 6.07) is 1.34. The summed E-state index contributed by atoms with van der Waals surface area (Å²) in [7, 11) is 0. The highest BCUT2D eigenvalue weighted by Gasteiger charge is 2.33. The van der Waals surface area contributed by atoms with Crippen LogP contribution in [-0.4, -0.2) is 36.0 Å². The van der Waals surface area contributed by atoms with E-state index < -0.39 is 0 Å². The Hall–Kier alpha value is -0.570. The van der Waals surface area contributed by atoms with Gasteiger partial charge in [-0.3, -0.25) is 4.79 Å². The number of hydrogen-bond donors (Lipinski definition) is 1. The van der Waals surface area contributed by atoms with Gasteiger partial charge in [0.2, 0.25) is 5.91 Å². The Labute approximate surface area is 111 Å². The first-order chi connectivity index (χ1) is 8.61. The lowest BCUT2D eigenvalue weighted by Crippen LogP contribution is -2.48. The first-order valence-corrected chi connectivity index (χ1v) is 7.63. The number of carbonyl (C=O) groups excluding carboxylic acids is 1. The molecule has 2 rings (SSSR count). The maximum Gasteiger partial charge on any atom is 0.219 e. The van der Waals surface area contributed by atoms with Gasteiger partial charge in [0.15, 0.2) is 0 Å². The molecule has 3 heteroatoms. The zero-order valence-electron chi connectivity index (χ0n) is 12.1. The molecule has 1 saturated carbocycles. The molecule has 0 aromatic rings. The second-order valence-electron chi connectivity index (χ2n) is 6.16. The topological polar surface area (TPSA) is 32.3 Å². The van der Waals surface area contributed by atoms with Crippen LogP contribution in [-0.2, 0) is 4.79 Å². The molecule has 0 radical (unpaired) electrons. The fraction of sp³-hybridized carbons (Fsp3) is 0.933. The van der Waals surface area contributed by atoms with Gasteiger partial charge in [-0.2, -0.15) is 0 Å². The first-order valence-electron chi connectivity index (χ1n) is 7.63. The Kier molecular flexibility index (Phi) is 4.66. The van der Waals surface area contributed by atoms with Gasteiger partial charge in [-0.1, -0.05) is 20.3 Å². The van der Waals surface area contributed by atoms with Gasteiger partial charge in [0.25, 0.3) is 0 Å². The summed E-state index contributed by atoms with van der Waals surface area (Å²) in [5, 5.41) is 3.85. The number of rotatable bonds is 3. The molecule has 0 bridgehead atoms. The monoisotopic (exact) mass is 252 g/mol. The Morgan fingerprint density at radius 3 is 2.39 bits per heavy atom. The number of hydrogen-bond acceptors (Lipinski definition) is 2. The molecule has 3 atom stereocenters. The highest BCUT2D eigenvalue weighted by atomic mass is 16.2. The molecule has 1 saturated heterocycles. The van der Waals surface area contributed by atoms with Crippen molar-refractivity contribution in [3.8, 4) is 0 Å². The lowest BCUT2D eigenvalue weighted by Gasteiger charge is -2.34. The Balaban J connectivity index is 1.77. The maximum absolute atomic E-state index is 11.3. The molecule has 0 spiro atoms. The third-order valence-electron chi connectivity index (χ3n) is 5.14. The molecule has 18 heavy (non-hydrogen) atoms. The predicted molar refractivity (Wildman–Crippen MR) is 74.4 cm³/mol. The van der Waals surface area contributed by atoms with Crippen molar-refractivity contribution in [3.05, 3.63) is 0 Å². The van der Waals surface area contributed by atoms with Gasteiger partial charge < -0.3 is 10.2 Å². The average Bonchev–Trinajstić information content (AvgIpc) is 2.71. The third-order valence-corrected chi connectivity index (χ3v) is 5.14. The lowest BCUT2D eigenvalue weighted by atomic mass is 9.92. The van der Waals surface area contributed by atoms with E-state index in [-0.39, 0.29) is 5.91 Å². The summed E-state index contributed by atoms with van der Waals surface area (Å²) in [5.41, 5.74) is 0. The zero-order valence-corrected chi connectivity index (χ0v) is 12.1. The molecule has 2 fully saturated rings. The molecular formula is C15H28N2O. The summed E-state index contributed by atoms with van der Waals surface area (Å²) in [5.74, 6) is 1.97. The van der Waals surface area contributed by atoms with Crippen molar-refractivity contribution >= 4 is 5.91 Å². The van der Waals surface area contributed by atoms with Gasteiger partial charge >= 0.3 is 0 Å². The minimum absolute atomic E-state index is 0.230. The molecule has 3 unspecified atom stereocenters. The Bertz CT molecular complexity index is 284. The Morgan fingerprint density at radius 1 is 1.22 bits per heavy atom. The molecular weight excluding hydrogens is 224 g/mol. The molecule has 104 valence electrons. The first kappa shape index (κ1) is 13.9. The second kappa shape index (κ2) is 6.05. The van der Waals surface area contributed by atoms with E-state index in [0.29, 0.717) is 12.1 Å². The minimum atomic E-state index is 0.230. The van der Waals surface area contributed by atoms with E-state index in [4.69, 9.17) is 0 Å². The van der Waals surface area contributed by atoms with Crippen LogP contribution in [0.1, 0.15) is 52.9 Å². The van der Waals surface area contributed by atoms with Gasteiger partial charge in [0.1, 0.15) is 0 Å². The van der Waals surface area contributed by atoms with Crippen LogP contribution in [0.4, 0.5) is 0 Å². The number of piperidine rings is 1. The van der Waals surface area contributed by atoms with Crippen LogP contribution in [0.2, 0.25) is 0 Å². The van der Waals surface area contributed by atoms with E-state index >= 15 is 0 Å². The van der Waals surface area contributed by atoms with Crippen LogP contribution >= 0.6 is 0 Å². The summed E-state index contributed by atoms with van der Waals surface area (Å²) in [6.45, 7) is 8.27. The van der Waals surface area contributed by atoms with Crippen LogP contribution in [0, 0.1) is 11.8 Å². The standard InChI is InChI=1S/C15H28N2O/c1-4-13-5-6-15(11(13)2)16-14-7-9-17(10-8-14)12(3)18/h11,13-16H,4-10H2,1-3H3. The Morgan fingerprint density at radius 2 is 1.89 bits per heavy atom. The molecule has 1 aliphatic heterocycles. The molecule has 1 heterocycles. The quantitative estimate of drug-likeness (QED) is 0.836. The van der Waals surface area contributed by atoms with E-state index in [9.17, 15) is 4.79 Å². The molecule has 3 nitrogen and oxygen atoms in total. The molecule has 2 aliphatic rings. The predicted octanol–water partition coefficient (Wildman–Crippen LogP) is 2.41. The van der Waals surface area contributed by atoms with Crippen molar-refractivity contribution in [3.63, 3.8) is 0 Å². The SMILES string of the molecule is CCC1CCC(NC2CCN(C(C)=O)CC2)C1C. The fourth-order valence-electron chi connectivity index (χ4n) is 3.72. The van der Waals surface area contributed by atoms with Gasteiger partial charge in [0, 0.05) is 32.1 Å². The van der Waals surface area contributed by atoms with Gasteiger partial charge in [0.05, 0.1) is 0 Å². The number of amides is 1. The van der Waals surface area contributed by atoms with Crippen molar-refractivity contribution in [1.82, 2.24) is 10.2 Å². The molecule has 0 aromatic carbocycles. The van der Waals surface area contributed by atoms with Gasteiger partial charge in [-0.25, -0.2) is 0 Å². The summed E-state index contributed by atoms with van der Waals surface area (Å²) in [4.78, 5) is 13.3. The zero-order chi connectivity index (χ0) is 13.1. The van der Waals surface area contributed by atoms with Crippen molar-refractivity contribution in [2.24, 2.45) is 11.8 Å². The summed E-state index contributed by atoms with van der Waals surface area (Å²) < 4.78 is 0. The number of nitrogens with zero attached hydrogens (tertiary/aromatic N) is 1. The van der Waals surface area contributed by atoms with Crippen molar-refractivity contribution < 1.29 is 4.79 Å². The van der Waals surface area contributed by atoms with E-state index in [0.717, 1.165) is 37.8 Å². The number of nitrogens with one attached hydrogen (secondary N) is 1. The van der Waals surface area contributed by atoms with Crippen LogP contribution in [0.15, 0.2) is 0 Å². The lowest BCUT2D eigenvalue weighted by molar-refractivity contribution is -0.129.